The monoisotopic (exact) mass is 442 g/mol. The Labute approximate surface area is 182 Å². The lowest BCUT2D eigenvalue weighted by Gasteiger charge is -2.55. The molecular weight excluding hydrogens is 409 g/mol. The van der Waals surface area contributed by atoms with Gasteiger partial charge in [-0.2, -0.15) is 75.8 Å². The van der Waals surface area contributed by atoms with Gasteiger partial charge in [0.2, 0.25) is 0 Å². The second-order valence-electron chi connectivity index (χ2n) is 7.01. The first-order valence-electron chi connectivity index (χ1n) is 8.94. The summed E-state index contributed by atoms with van der Waals surface area (Å²) in [6.07, 6.45) is 10.5. The molecule has 1 atom stereocenters. The van der Waals surface area contributed by atoms with Crippen molar-refractivity contribution >= 4 is 75.8 Å². The molecule has 0 radical (unpaired) electrons. The average Bonchev–Trinajstić information content (AvgIpc) is 2.52. The molecule has 0 saturated heterocycles. The molecule has 0 bridgehead atoms. The Morgan fingerprint density at radius 3 is 1.71 bits per heavy atom. The maximum Gasteiger partial charge on any atom is -0.00606 e. The number of hydrogen-bond acceptors (Lipinski definition) is 6. The van der Waals surface area contributed by atoms with Crippen LogP contribution in [0.25, 0.3) is 0 Å². The zero-order valence-corrected chi connectivity index (χ0v) is 19.9. The normalized spacial score (nSPS) is 22.4. The number of rotatable bonds is 12. The zero-order valence-electron chi connectivity index (χ0n) is 14.5. The van der Waals surface area contributed by atoms with Gasteiger partial charge in [0, 0.05) is 0 Å². The molecule has 0 aromatic heterocycles. The van der Waals surface area contributed by atoms with Crippen LogP contribution in [0.5, 0.6) is 0 Å². The first kappa shape index (κ1) is 23.9. The van der Waals surface area contributed by atoms with E-state index in [-0.39, 0.29) is 10.8 Å². The lowest BCUT2D eigenvalue weighted by molar-refractivity contribution is 0.0225. The summed E-state index contributed by atoms with van der Waals surface area (Å²) in [5.74, 6) is 6.16. The molecule has 6 heteroatoms. The Morgan fingerprint density at radius 2 is 1.29 bits per heavy atom. The fourth-order valence-electron chi connectivity index (χ4n) is 4.90. The third kappa shape index (κ3) is 5.92. The summed E-state index contributed by atoms with van der Waals surface area (Å²) in [4.78, 5) is 0. The van der Waals surface area contributed by atoms with Crippen molar-refractivity contribution in [2.24, 2.45) is 16.7 Å². The minimum atomic E-state index is 0.189. The largest absolute Gasteiger partial charge is 0.179 e. The number of allylic oxidation sites excluding steroid dienone is 2. The molecule has 0 spiro atoms. The number of hydrogen-bond donors (Lipinski definition) is 6. The van der Waals surface area contributed by atoms with E-state index in [2.05, 4.69) is 81.8 Å². The molecule has 1 rings (SSSR count). The lowest BCUT2D eigenvalue weighted by Crippen LogP contribution is -2.47. The van der Waals surface area contributed by atoms with Gasteiger partial charge in [-0.05, 0) is 96.2 Å². The van der Waals surface area contributed by atoms with Gasteiger partial charge in [0.05, 0.1) is 0 Å². The molecule has 0 saturated carbocycles. The van der Waals surface area contributed by atoms with E-state index >= 15 is 0 Å². The van der Waals surface area contributed by atoms with Crippen LogP contribution >= 0.6 is 75.8 Å². The molecule has 24 heavy (non-hydrogen) atoms. The van der Waals surface area contributed by atoms with Gasteiger partial charge in [-0.15, -0.1) is 0 Å². The van der Waals surface area contributed by atoms with E-state index in [4.69, 9.17) is 0 Å². The van der Waals surface area contributed by atoms with Crippen molar-refractivity contribution in [2.45, 2.75) is 44.9 Å². The molecule has 142 valence electrons. The van der Waals surface area contributed by atoms with Crippen LogP contribution in [0.1, 0.15) is 44.9 Å². The van der Waals surface area contributed by atoms with Crippen LogP contribution in [0.2, 0.25) is 0 Å². The smallest absolute Gasteiger partial charge is 0.00606 e. The van der Waals surface area contributed by atoms with Crippen molar-refractivity contribution in [2.75, 3.05) is 34.5 Å². The molecule has 0 aromatic rings. The maximum absolute atomic E-state index is 4.62. The Bertz CT molecular complexity index is 370. The SMILES string of the molecule is SCCC1=CC(CCS)(CCS)C(CCS)C(CCS)(CCS)C1. The van der Waals surface area contributed by atoms with Gasteiger partial charge in [-0.1, -0.05) is 11.6 Å². The highest BCUT2D eigenvalue weighted by Gasteiger charge is 2.50. The van der Waals surface area contributed by atoms with Crippen LogP contribution < -0.4 is 0 Å². The molecule has 0 nitrogen and oxygen atoms in total. The summed E-state index contributed by atoms with van der Waals surface area (Å²) in [6, 6.07) is 0. The van der Waals surface area contributed by atoms with Gasteiger partial charge in [-0.3, -0.25) is 0 Å². The maximum atomic E-state index is 4.62. The molecular formula is C18H34S6. The van der Waals surface area contributed by atoms with Gasteiger partial charge >= 0.3 is 0 Å². The molecule has 0 N–H and O–H groups in total. The van der Waals surface area contributed by atoms with E-state index in [1.54, 1.807) is 5.57 Å². The van der Waals surface area contributed by atoms with Crippen molar-refractivity contribution in [1.29, 1.82) is 0 Å². The second kappa shape index (κ2) is 12.3. The van der Waals surface area contributed by atoms with Crippen LogP contribution in [0, 0.1) is 16.7 Å². The molecule has 0 fully saturated rings. The molecule has 0 aliphatic heterocycles. The van der Waals surface area contributed by atoms with Gasteiger partial charge in [0.25, 0.3) is 0 Å². The highest BCUT2D eigenvalue weighted by molar-refractivity contribution is 7.81. The van der Waals surface area contributed by atoms with Crippen LogP contribution in [0.15, 0.2) is 11.6 Å². The summed E-state index contributed by atoms with van der Waals surface area (Å²) >= 11 is 27.6. The van der Waals surface area contributed by atoms with Gasteiger partial charge in [0.1, 0.15) is 0 Å². The molecule has 1 unspecified atom stereocenters. The van der Waals surface area contributed by atoms with Crippen LogP contribution in [0.3, 0.4) is 0 Å². The van der Waals surface area contributed by atoms with E-state index in [1.807, 2.05) is 0 Å². The third-order valence-corrected chi connectivity index (χ3v) is 7.10. The predicted molar refractivity (Wildman–Crippen MR) is 132 cm³/mol. The van der Waals surface area contributed by atoms with Gasteiger partial charge in [0.15, 0.2) is 0 Å². The summed E-state index contributed by atoms with van der Waals surface area (Å²) in [6.45, 7) is 0. The lowest BCUT2D eigenvalue weighted by atomic mass is 9.51. The van der Waals surface area contributed by atoms with E-state index in [9.17, 15) is 0 Å². The topological polar surface area (TPSA) is 0 Å². The second-order valence-corrected chi connectivity index (χ2v) is 9.69. The van der Waals surface area contributed by atoms with Crippen LogP contribution in [-0.4, -0.2) is 34.5 Å². The average molecular weight is 443 g/mol. The fraction of sp³-hybridized carbons (Fsp3) is 0.889. The quantitative estimate of drug-likeness (QED) is 0.159. The first-order chi connectivity index (χ1) is 11.6. The summed E-state index contributed by atoms with van der Waals surface area (Å²) in [5, 5.41) is 0. The Kier molecular flexibility index (Phi) is 12.3. The van der Waals surface area contributed by atoms with E-state index in [0.717, 1.165) is 73.0 Å². The van der Waals surface area contributed by atoms with Crippen molar-refractivity contribution in [3.63, 3.8) is 0 Å². The standard InChI is InChI=1S/C18H34S6/c19-7-1-15-13-17(3-9-21,4-10-22)16(2-8-20)18(14-15,5-11-23)6-12-24/h13,16,19-24H,1-12,14H2. The molecule has 1 aliphatic rings. The van der Waals surface area contributed by atoms with Crippen LogP contribution in [0.4, 0.5) is 0 Å². The van der Waals surface area contributed by atoms with Crippen molar-refractivity contribution in [3.05, 3.63) is 11.6 Å². The van der Waals surface area contributed by atoms with Crippen molar-refractivity contribution in [3.8, 4) is 0 Å². The molecule has 1 aliphatic carbocycles. The van der Waals surface area contributed by atoms with E-state index < -0.39 is 0 Å². The minimum absolute atomic E-state index is 0.189. The first-order valence-corrected chi connectivity index (χ1v) is 12.7. The number of thiol groups is 6. The fourth-order valence-corrected chi connectivity index (χ4v) is 7.17. The van der Waals surface area contributed by atoms with Crippen molar-refractivity contribution in [1.82, 2.24) is 0 Å². The minimum Gasteiger partial charge on any atom is -0.179 e. The third-order valence-electron chi connectivity index (χ3n) is 5.73. The Hall–Kier alpha value is 1.84. The highest BCUT2D eigenvalue weighted by atomic mass is 32.1. The highest BCUT2D eigenvalue weighted by Crippen LogP contribution is 2.59. The van der Waals surface area contributed by atoms with Gasteiger partial charge < -0.3 is 0 Å². The summed E-state index contributed by atoms with van der Waals surface area (Å²) in [7, 11) is 0. The van der Waals surface area contributed by atoms with E-state index in [1.165, 1.54) is 6.42 Å². The van der Waals surface area contributed by atoms with Gasteiger partial charge in [-0.25, -0.2) is 0 Å². The summed E-state index contributed by atoms with van der Waals surface area (Å²) < 4.78 is 0. The molecule has 0 heterocycles. The van der Waals surface area contributed by atoms with E-state index in [0.29, 0.717) is 5.92 Å². The summed E-state index contributed by atoms with van der Waals surface area (Å²) in [5.41, 5.74) is 2.05. The van der Waals surface area contributed by atoms with Crippen LogP contribution in [-0.2, 0) is 0 Å². The Balaban J connectivity index is 3.43. The zero-order chi connectivity index (χ0) is 18.1. The molecule has 0 aromatic carbocycles. The molecule has 0 amide bonds. The predicted octanol–water partition coefficient (Wildman–Crippen LogP) is 5.82. The Morgan fingerprint density at radius 1 is 0.750 bits per heavy atom. The van der Waals surface area contributed by atoms with Crippen molar-refractivity contribution < 1.29 is 0 Å².